The number of fused-ring (bicyclic) bond motifs is 2. The van der Waals surface area contributed by atoms with Crippen LogP contribution >= 0.6 is 0 Å². The summed E-state index contributed by atoms with van der Waals surface area (Å²) in [6.07, 6.45) is 25.1. The lowest BCUT2D eigenvalue weighted by molar-refractivity contribution is 0.331. The summed E-state index contributed by atoms with van der Waals surface area (Å²) >= 11 is 0. The van der Waals surface area contributed by atoms with Crippen LogP contribution < -0.4 is 0 Å². The van der Waals surface area contributed by atoms with Crippen molar-refractivity contribution in [3.63, 3.8) is 0 Å². The summed E-state index contributed by atoms with van der Waals surface area (Å²) in [6.45, 7) is 4.69. The minimum Gasteiger partial charge on any atom is -0.364 e. The second-order valence-corrected chi connectivity index (χ2v) is 7.20. The van der Waals surface area contributed by atoms with Crippen LogP contribution in [-0.4, -0.2) is 4.98 Å². The maximum Gasteiger partial charge on any atom is 0.0229 e. The molecule has 22 heavy (non-hydrogen) atoms. The van der Waals surface area contributed by atoms with E-state index in [0.717, 1.165) is 12.8 Å². The van der Waals surface area contributed by atoms with Crippen LogP contribution in [0.4, 0.5) is 0 Å². The number of allylic oxidation sites excluding steroid dienone is 8. The van der Waals surface area contributed by atoms with E-state index < -0.39 is 0 Å². The van der Waals surface area contributed by atoms with Crippen molar-refractivity contribution >= 4 is 12.2 Å². The lowest BCUT2D eigenvalue weighted by Crippen LogP contribution is -2.21. The molecule has 3 aliphatic carbocycles. The second kappa shape index (κ2) is 5.01. The zero-order valence-corrected chi connectivity index (χ0v) is 13.3. The van der Waals surface area contributed by atoms with Gasteiger partial charge in [-0.05, 0) is 35.3 Å². The molecule has 2 unspecified atom stereocenters. The van der Waals surface area contributed by atoms with Crippen LogP contribution in [0, 0.1) is 17.3 Å². The van der Waals surface area contributed by atoms with E-state index in [1.165, 1.54) is 22.4 Å². The molecule has 1 aromatic rings. The molecule has 3 aliphatic rings. The van der Waals surface area contributed by atoms with E-state index in [9.17, 15) is 0 Å². The highest BCUT2D eigenvalue weighted by atomic mass is 14.7. The van der Waals surface area contributed by atoms with Crippen molar-refractivity contribution in [1.29, 1.82) is 0 Å². The van der Waals surface area contributed by atoms with E-state index in [-0.39, 0.29) is 5.41 Å². The Morgan fingerprint density at radius 1 is 1.18 bits per heavy atom. The first-order valence-corrected chi connectivity index (χ1v) is 8.28. The summed E-state index contributed by atoms with van der Waals surface area (Å²) < 4.78 is 0. The monoisotopic (exact) mass is 289 g/mol. The van der Waals surface area contributed by atoms with Gasteiger partial charge in [0, 0.05) is 23.4 Å². The smallest absolute Gasteiger partial charge is 0.0229 e. The Balaban J connectivity index is 1.64. The lowest BCUT2D eigenvalue weighted by atomic mass is 9.75. The molecule has 1 aromatic heterocycles. The third-order valence-corrected chi connectivity index (χ3v) is 5.26. The molecule has 4 rings (SSSR count). The third-order valence-electron chi connectivity index (χ3n) is 5.26. The summed E-state index contributed by atoms with van der Waals surface area (Å²) in [7, 11) is 0. The summed E-state index contributed by atoms with van der Waals surface area (Å²) in [6, 6.07) is 0. The molecular formula is C21H23N. The molecule has 0 saturated heterocycles. The predicted octanol–water partition coefficient (Wildman–Crippen LogP) is 5.31. The number of H-pyrrole nitrogens is 1. The number of nitrogens with one attached hydrogen (secondary N) is 1. The standard InChI is InChI=1S/C21H23N/c1-21(2)13-15(17-7-3-5-9-19(17)21)11-12-16-14-22-20-10-6-4-8-18(16)20/h3-5,7-9,11-14,17,19,22H,6,10H2,1-2H3/b12-11-. The van der Waals surface area contributed by atoms with Crippen molar-refractivity contribution in [3.8, 4) is 0 Å². The van der Waals surface area contributed by atoms with Gasteiger partial charge in [0.25, 0.3) is 0 Å². The van der Waals surface area contributed by atoms with Gasteiger partial charge in [0.1, 0.15) is 0 Å². The highest BCUT2D eigenvalue weighted by Crippen LogP contribution is 2.48. The fourth-order valence-corrected chi connectivity index (χ4v) is 4.07. The molecule has 0 spiro atoms. The van der Waals surface area contributed by atoms with Crippen LogP contribution in [0.25, 0.3) is 12.2 Å². The van der Waals surface area contributed by atoms with Gasteiger partial charge < -0.3 is 4.98 Å². The van der Waals surface area contributed by atoms with Gasteiger partial charge in [0.15, 0.2) is 0 Å². The van der Waals surface area contributed by atoms with Crippen molar-refractivity contribution in [2.45, 2.75) is 26.7 Å². The van der Waals surface area contributed by atoms with Crippen LogP contribution in [0.3, 0.4) is 0 Å². The topological polar surface area (TPSA) is 15.8 Å². The Hall–Kier alpha value is -2.02. The first-order valence-electron chi connectivity index (χ1n) is 8.28. The SMILES string of the molecule is CC1(C)C=C(/C=C\c2c[nH]c3c2C=CCC3)C2C=CC=CC21. The summed E-state index contributed by atoms with van der Waals surface area (Å²) in [5.41, 5.74) is 5.74. The molecule has 1 heterocycles. The van der Waals surface area contributed by atoms with Crippen LogP contribution in [-0.2, 0) is 6.42 Å². The number of aromatic nitrogens is 1. The van der Waals surface area contributed by atoms with Gasteiger partial charge in [0.05, 0.1) is 0 Å². The van der Waals surface area contributed by atoms with Crippen molar-refractivity contribution in [2.75, 3.05) is 0 Å². The number of rotatable bonds is 2. The molecule has 0 radical (unpaired) electrons. The number of hydrogen-bond acceptors (Lipinski definition) is 0. The molecule has 0 saturated carbocycles. The minimum absolute atomic E-state index is 0.239. The van der Waals surface area contributed by atoms with Crippen LogP contribution in [0.5, 0.6) is 0 Å². The van der Waals surface area contributed by atoms with Gasteiger partial charge in [-0.25, -0.2) is 0 Å². The van der Waals surface area contributed by atoms with Crippen molar-refractivity contribution < 1.29 is 0 Å². The Bertz CT molecular complexity index is 734. The highest BCUT2D eigenvalue weighted by molar-refractivity contribution is 5.69. The normalized spacial score (nSPS) is 28.0. The molecule has 0 aliphatic heterocycles. The predicted molar refractivity (Wildman–Crippen MR) is 94.3 cm³/mol. The van der Waals surface area contributed by atoms with Gasteiger partial charge in [-0.3, -0.25) is 0 Å². The molecule has 1 N–H and O–H groups in total. The fourth-order valence-electron chi connectivity index (χ4n) is 4.07. The maximum absolute atomic E-state index is 3.43. The maximum atomic E-state index is 3.43. The average Bonchev–Trinajstić information content (AvgIpc) is 3.05. The van der Waals surface area contributed by atoms with Gasteiger partial charge in [-0.1, -0.05) is 68.5 Å². The average molecular weight is 289 g/mol. The number of hydrogen-bond donors (Lipinski definition) is 1. The zero-order chi connectivity index (χ0) is 15.2. The van der Waals surface area contributed by atoms with E-state index in [1.807, 2.05) is 0 Å². The summed E-state index contributed by atoms with van der Waals surface area (Å²) in [5, 5.41) is 0. The summed E-state index contributed by atoms with van der Waals surface area (Å²) in [4.78, 5) is 3.43. The minimum atomic E-state index is 0.239. The van der Waals surface area contributed by atoms with E-state index in [0.29, 0.717) is 11.8 Å². The largest absolute Gasteiger partial charge is 0.364 e. The summed E-state index contributed by atoms with van der Waals surface area (Å²) in [5.74, 6) is 1.12. The van der Waals surface area contributed by atoms with Crippen LogP contribution in [0.15, 0.2) is 54.3 Å². The van der Waals surface area contributed by atoms with E-state index >= 15 is 0 Å². The van der Waals surface area contributed by atoms with Gasteiger partial charge in [-0.2, -0.15) is 0 Å². The Morgan fingerprint density at radius 2 is 2.05 bits per heavy atom. The quantitative estimate of drug-likeness (QED) is 0.759. The van der Waals surface area contributed by atoms with Crippen LogP contribution in [0.2, 0.25) is 0 Å². The fraction of sp³-hybridized carbons (Fsp3) is 0.333. The van der Waals surface area contributed by atoms with Crippen molar-refractivity contribution in [3.05, 3.63) is 71.1 Å². The molecule has 0 fully saturated rings. The van der Waals surface area contributed by atoms with Crippen molar-refractivity contribution in [2.24, 2.45) is 17.3 Å². The van der Waals surface area contributed by atoms with E-state index in [4.69, 9.17) is 0 Å². The molecule has 1 heteroatoms. The second-order valence-electron chi connectivity index (χ2n) is 7.20. The molecule has 0 aromatic carbocycles. The first kappa shape index (κ1) is 13.6. The Labute approximate surface area is 132 Å². The zero-order valence-electron chi connectivity index (χ0n) is 13.3. The molecule has 0 amide bonds. The molecular weight excluding hydrogens is 266 g/mol. The van der Waals surface area contributed by atoms with E-state index in [2.05, 4.69) is 79.7 Å². The molecule has 2 atom stereocenters. The molecule has 1 nitrogen and oxygen atoms in total. The van der Waals surface area contributed by atoms with Crippen molar-refractivity contribution in [1.82, 2.24) is 4.98 Å². The van der Waals surface area contributed by atoms with E-state index in [1.54, 1.807) is 0 Å². The first-order chi connectivity index (χ1) is 10.6. The molecule has 0 bridgehead atoms. The number of aromatic amines is 1. The Morgan fingerprint density at radius 3 is 2.95 bits per heavy atom. The Kier molecular flexibility index (Phi) is 3.11. The van der Waals surface area contributed by atoms with Gasteiger partial charge in [0.2, 0.25) is 0 Å². The lowest BCUT2D eigenvalue weighted by Gasteiger charge is -2.28. The van der Waals surface area contributed by atoms with Gasteiger partial charge in [-0.15, -0.1) is 0 Å². The number of aryl methyl sites for hydroxylation is 1. The van der Waals surface area contributed by atoms with Gasteiger partial charge >= 0.3 is 0 Å². The highest BCUT2D eigenvalue weighted by Gasteiger charge is 2.39. The molecule has 112 valence electrons. The third kappa shape index (κ3) is 2.16. The van der Waals surface area contributed by atoms with Crippen LogP contribution in [0.1, 0.15) is 37.1 Å².